The number of hydrogen-bond donors (Lipinski definition) is 0. The van der Waals surface area contributed by atoms with Gasteiger partial charge in [0, 0.05) is 26.1 Å². The Bertz CT molecular complexity index is 172. The van der Waals surface area contributed by atoms with Crippen LogP contribution in [0.25, 0.3) is 0 Å². The summed E-state index contributed by atoms with van der Waals surface area (Å²) in [6, 6.07) is 0. The van der Waals surface area contributed by atoms with E-state index in [4.69, 9.17) is 9.47 Å². The van der Waals surface area contributed by atoms with Crippen molar-refractivity contribution in [3.8, 4) is 11.8 Å². The van der Waals surface area contributed by atoms with E-state index in [1.165, 1.54) is 0 Å². The average Bonchev–Trinajstić information content (AvgIpc) is 2.18. The Morgan fingerprint density at radius 3 is 2.53 bits per heavy atom. The van der Waals surface area contributed by atoms with Gasteiger partial charge in [0.1, 0.15) is 0 Å². The summed E-state index contributed by atoms with van der Waals surface area (Å²) in [5.41, 5.74) is 0. The molecular formula is C12H21LiO2. The van der Waals surface area contributed by atoms with Gasteiger partial charge in [-0.3, -0.25) is 0 Å². The van der Waals surface area contributed by atoms with Crippen LogP contribution >= 0.6 is 0 Å². The van der Waals surface area contributed by atoms with E-state index >= 15 is 0 Å². The van der Waals surface area contributed by atoms with Crippen molar-refractivity contribution in [3.63, 3.8) is 0 Å². The standard InChI is InChI=1S/C12H21O2.Li/c1-4-7-8-9-12(14-6-3)10-11-13-5-2;/h5,12H,4,6,9-11H2,1-3H3;/q-1;+1. The Hall–Kier alpha value is 0.0774. The molecule has 0 aliphatic rings. The van der Waals surface area contributed by atoms with E-state index in [1.54, 1.807) is 6.61 Å². The van der Waals surface area contributed by atoms with Gasteiger partial charge in [0.05, 0.1) is 6.10 Å². The molecule has 0 radical (unpaired) electrons. The van der Waals surface area contributed by atoms with Crippen LogP contribution in [0, 0.1) is 18.4 Å². The van der Waals surface area contributed by atoms with E-state index in [9.17, 15) is 0 Å². The summed E-state index contributed by atoms with van der Waals surface area (Å²) >= 11 is 0. The van der Waals surface area contributed by atoms with Gasteiger partial charge in [0.15, 0.2) is 0 Å². The Labute approximate surface area is 106 Å². The molecule has 0 rings (SSSR count). The van der Waals surface area contributed by atoms with Gasteiger partial charge in [0.2, 0.25) is 0 Å². The Balaban J connectivity index is 0. The molecule has 0 amide bonds. The summed E-state index contributed by atoms with van der Waals surface area (Å²) < 4.78 is 10.7. The van der Waals surface area contributed by atoms with Crippen molar-refractivity contribution >= 4 is 0 Å². The SMILES string of the molecule is C[CH-]OCCC(CC#CCC)OCC.[Li+]. The van der Waals surface area contributed by atoms with E-state index < -0.39 is 0 Å². The predicted molar refractivity (Wildman–Crippen MR) is 58.6 cm³/mol. The third kappa shape index (κ3) is 12.0. The fourth-order valence-electron chi connectivity index (χ4n) is 1.11. The third-order valence-corrected chi connectivity index (χ3v) is 1.76. The van der Waals surface area contributed by atoms with Crippen LogP contribution < -0.4 is 18.9 Å². The molecule has 0 aromatic heterocycles. The first-order valence-corrected chi connectivity index (χ1v) is 5.31. The van der Waals surface area contributed by atoms with Crippen molar-refractivity contribution in [1.82, 2.24) is 0 Å². The molecule has 1 atom stereocenters. The first-order chi connectivity index (χ1) is 6.85. The van der Waals surface area contributed by atoms with Crippen LogP contribution in [-0.2, 0) is 9.47 Å². The molecule has 15 heavy (non-hydrogen) atoms. The molecule has 1 unspecified atom stereocenters. The second-order valence-corrected chi connectivity index (χ2v) is 2.88. The summed E-state index contributed by atoms with van der Waals surface area (Å²) in [5, 5.41) is 0. The normalized spacial score (nSPS) is 11.1. The van der Waals surface area contributed by atoms with Gasteiger partial charge in [-0.25, -0.2) is 6.61 Å². The molecule has 0 N–H and O–H groups in total. The van der Waals surface area contributed by atoms with Crippen molar-refractivity contribution in [3.05, 3.63) is 6.61 Å². The van der Waals surface area contributed by atoms with Crippen molar-refractivity contribution in [2.75, 3.05) is 13.2 Å². The van der Waals surface area contributed by atoms with E-state index in [0.29, 0.717) is 0 Å². The van der Waals surface area contributed by atoms with Crippen molar-refractivity contribution in [2.24, 2.45) is 0 Å². The molecule has 0 saturated carbocycles. The molecule has 0 aliphatic carbocycles. The van der Waals surface area contributed by atoms with Crippen LogP contribution in [0.2, 0.25) is 0 Å². The minimum absolute atomic E-state index is 0. The van der Waals surface area contributed by atoms with E-state index in [-0.39, 0.29) is 25.0 Å². The van der Waals surface area contributed by atoms with Gasteiger partial charge in [-0.05, 0) is 13.3 Å². The van der Waals surface area contributed by atoms with Crippen LogP contribution in [0.15, 0.2) is 0 Å². The molecular weight excluding hydrogens is 183 g/mol. The maximum Gasteiger partial charge on any atom is 1.00 e. The number of hydrogen-bond acceptors (Lipinski definition) is 2. The van der Waals surface area contributed by atoms with E-state index in [1.807, 2.05) is 13.8 Å². The van der Waals surface area contributed by atoms with Crippen molar-refractivity contribution < 1.29 is 28.3 Å². The fraction of sp³-hybridized carbons (Fsp3) is 0.750. The number of rotatable bonds is 7. The van der Waals surface area contributed by atoms with Crippen LogP contribution in [0.4, 0.5) is 0 Å². The maximum atomic E-state index is 5.54. The van der Waals surface area contributed by atoms with Gasteiger partial charge in [-0.15, -0.1) is 11.8 Å². The molecule has 0 saturated heterocycles. The zero-order chi connectivity index (χ0) is 10.6. The van der Waals surface area contributed by atoms with Gasteiger partial charge in [-0.1, -0.05) is 6.92 Å². The van der Waals surface area contributed by atoms with Crippen LogP contribution in [0.5, 0.6) is 0 Å². The fourth-order valence-corrected chi connectivity index (χ4v) is 1.11. The summed E-state index contributed by atoms with van der Waals surface area (Å²) in [4.78, 5) is 0. The molecule has 82 valence electrons. The van der Waals surface area contributed by atoms with Crippen LogP contribution in [-0.4, -0.2) is 19.3 Å². The summed E-state index contributed by atoms with van der Waals surface area (Å²) in [5.74, 6) is 6.16. The largest absolute Gasteiger partial charge is 1.00 e. The zero-order valence-corrected chi connectivity index (χ0v) is 10.5. The molecule has 2 nitrogen and oxygen atoms in total. The van der Waals surface area contributed by atoms with E-state index in [2.05, 4.69) is 18.8 Å². The topological polar surface area (TPSA) is 18.5 Å². The molecule has 0 spiro atoms. The smallest absolute Gasteiger partial charge is 0.552 e. The molecule has 0 fully saturated rings. The Morgan fingerprint density at radius 1 is 1.27 bits per heavy atom. The van der Waals surface area contributed by atoms with Crippen LogP contribution in [0.1, 0.15) is 40.0 Å². The Kier molecular flexibility index (Phi) is 16.4. The second-order valence-electron chi connectivity index (χ2n) is 2.88. The molecule has 0 aromatic rings. The molecule has 3 heteroatoms. The second kappa shape index (κ2) is 14.1. The minimum atomic E-state index is 0. The first-order valence-electron chi connectivity index (χ1n) is 5.31. The van der Waals surface area contributed by atoms with Gasteiger partial charge in [-0.2, -0.15) is 6.92 Å². The molecule has 0 aliphatic heterocycles. The maximum absolute atomic E-state index is 5.54. The monoisotopic (exact) mass is 204 g/mol. The molecule has 0 bridgehead atoms. The first kappa shape index (κ1) is 17.5. The number of ether oxygens (including phenoxy) is 2. The van der Waals surface area contributed by atoms with E-state index in [0.717, 1.165) is 32.5 Å². The summed E-state index contributed by atoms with van der Waals surface area (Å²) in [6.07, 6.45) is 2.86. The van der Waals surface area contributed by atoms with Gasteiger partial charge in [0.25, 0.3) is 0 Å². The summed E-state index contributed by atoms with van der Waals surface area (Å²) in [7, 11) is 0. The minimum Gasteiger partial charge on any atom is -0.552 e. The Morgan fingerprint density at radius 2 is 2.00 bits per heavy atom. The quantitative estimate of drug-likeness (QED) is 0.247. The summed E-state index contributed by atoms with van der Waals surface area (Å²) in [6.45, 7) is 9.11. The average molecular weight is 204 g/mol. The zero-order valence-electron chi connectivity index (χ0n) is 10.5. The predicted octanol–water partition coefficient (Wildman–Crippen LogP) is -0.213. The van der Waals surface area contributed by atoms with Crippen LogP contribution in [0.3, 0.4) is 0 Å². The van der Waals surface area contributed by atoms with Gasteiger partial charge >= 0.3 is 18.9 Å². The van der Waals surface area contributed by atoms with Crippen molar-refractivity contribution in [2.45, 2.75) is 46.1 Å². The van der Waals surface area contributed by atoms with Gasteiger partial charge < -0.3 is 9.47 Å². The molecule has 0 aromatic carbocycles. The third-order valence-electron chi connectivity index (χ3n) is 1.76. The van der Waals surface area contributed by atoms with Crippen molar-refractivity contribution in [1.29, 1.82) is 0 Å². The molecule has 0 heterocycles.